The molecule has 0 aliphatic rings. The molecule has 0 N–H and O–H groups in total. The highest BCUT2D eigenvalue weighted by molar-refractivity contribution is 7.12. The summed E-state index contributed by atoms with van der Waals surface area (Å²) < 4.78 is 0. The third-order valence-corrected chi connectivity index (χ3v) is 18.9. The quantitative estimate of drug-likeness (QED) is 0.154. The van der Waals surface area contributed by atoms with Gasteiger partial charge in [-0.05, 0) is 155 Å². The van der Waals surface area contributed by atoms with Crippen molar-refractivity contribution < 1.29 is 0 Å². The number of hydrogen-bond acceptors (Lipinski definition) is 2. The molecule has 10 aromatic rings. The Labute approximate surface area is 586 Å². The Hall–Kier alpha value is -6.00. The van der Waals surface area contributed by atoms with Crippen molar-refractivity contribution in [2.24, 2.45) is 0 Å². The van der Waals surface area contributed by atoms with E-state index in [0.717, 1.165) is 0 Å². The highest BCUT2D eigenvalue weighted by Gasteiger charge is 2.19. The van der Waals surface area contributed by atoms with Crippen LogP contribution in [0.3, 0.4) is 0 Å². The Bertz CT molecular complexity index is 3620. The Morgan fingerprint density at radius 2 is 0.591 bits per heavy atom. The van der Waals surface area contributed by atoms with Crippen LogP contribution >= 0.6 is 45.9 Å². The second kappa shape index (κ2) is 35.7. The summed E-state index contributed by atoms with van der Waals surface area (Å²) in [7, 11) is 0. The summed E-state index contributed by atoms with van der Waals surface area (Å²) in [6.07, 6.45) is 0. The number of halogens is 2. The molecule has 0 amide bonds. The molecule has 8 aromatic carbocycles. The van der Waals surface area contributed by atoms with Gasteiger partial charge in [-0.1, -0.05) is 389 Å². The van der Waals surface area contributed by atoms with Crippen LogP contribution in [-0.2, 0) is 43.3 Å². The molecule has 0 unspecified atom stereocenters. The lowest BCUT2D eigenvalue weighted by atomic mass is 9.86. The molecule has 0 atom stereocenters. The van der Waals surface area contributed by atoms with Crippen molar-refractivity contribution in [3.8, 4) is 11.1 Å². The molecule has 0 nitrogen and oxygen atoms in total. The van der Waals surface area contributed by atoms with Crippen LogP contribution in [-0.4, -0.2) is 0 Å². The van der Waals surface area contributed by atoms with E-state index in [4.69, 9.17) is 23.2 Å². The van der Waals surface area contributed by atoms with E-state index in [2.05, 4.69) is 386 Å². The van der Waals surface area contributed by atoms with E-state index in [1.807, 2.05) is 46.9 Å². The van der Waals surface area contributed by atoms with Gasteiger partial charge < -0.3 is 0 Å². The predicted molar refractivity (Wildman–Crippen MR) is 424 cm³/mol. The Balaban J connectivity index is 0.000000279. The number of rotatable bonds is 1. The van der Waals surface area contributed by atoms with Gasteiger partial charge in [-0.2, -0.15) is 0 Å². The van der Waals surface area contributed by atoms with Gasteiger partial charge in [0.1, 0.15) is 0 Å². The highest BCUT2D eigenvalue weighted by atomic mass is 35.5. The molecule has 0 aliphatic heterocycles. The van der Waals surface area contributed by atoms with Crippen LogP contribution in [0.1, 0.15) is 225 Å². The van der Waals surface area contributed by atoms with E-state index in [0.29, 0.717) is 26.3 Å². The fraction of sp³-hybridized carbons (Fsp3) is 0.393. The minimum Gasteiger partial charge on any atom is -0.148 e. The summed E-state index contributed by atoms with van der Waals surface area (Å²) in [5.41, 5.74) is 15.6. The topological polar surface area (TPSA) is 0 Å². The van der Waals surface area contributed by atoms with Crippen molar-refractivity contribution >= 4 is 56.6 Å². The van der Waals surface area contributed by atoms with Gasteiger partial charge in [0, 0.05) is 14.6 Å². The third-order valence-electron chi connectivity index (χ3n) is 15.5. The maximum absolute atomic E-state index is 5.89. The first-order valence-corrected chi connectivity index (χ1v) is 35.6. The second-order valence-corrected chi connectivity index (χ2v) is 35.7. The highest BCUT2D eigenvalue weighted by Crippen LogP contribution is 2.32. The van der Waals surface area contributed by atoms with Crippen molar-refractivity contribution in [1.82, 2.24) is 0 Å². The molecule has 0 spiro atoms. The van der Waals surface area contributed by atoms with E-state index < -0.39 is 0 Å². The number of fused-ring (bicyclic) bond motifs is 1. The number of thiophene rings is 2. The van der Waals surface area contributed by atoms with Gasteiger partial charge in [-0.15, -0.1) is 22.7 Å². The minimum atomic E-state index is 0.133. The van der Waals surface area contributed by atoms with Crippen molar-refractivity contribution in [3.63, 3.8) is 0 Å². The molecule has 0 saturated carbocycles. The lowest BCUT2D eigenvalue weighted by Gasteiger charge is -2.19. The first-order valence-electron chi connectivity index (χ1n) is 33.2. The average molecular weight is 1320 g/mol. The monoisotopic (exact) mass is 1320 g/mol. The third kappa shape index (κ3) is 30.5. The van der Waals surface area contributed by atoms with Crippen LogP contribution in [0, 0.1) is 20.8 Å². The van der Waals surface area contributed by atoms with Gasteiger partial charge in [-0.3, -0.25) is 0 Å². The number of benzene rings is 8. The zero-order valence-corrected chi connectivity index (χ0v) is 65.6. The summed E-state index contributed by atoms with van der Waals surface area (Å²) in [4.78, 5) is 4.34. The molecule has 2 aromatic heterocycles. The molecule has 10 rings (SSSR count). The van der Waals surface area contributed by atoms with Gasteiger partial charge in [-0.25, -0.2) is 0 Å². The number of hydrogen-bond donors (Lipinski definition) is 0. The first-order chi connectivity index (χ1) is 42.8. The lowest BCUT2D eigenvalue weighted by Crippen LogP contribution is -2.10. The molecule has 0 radical (unpaired) electrons. The average Bonchev–Trinajstić information content (AvgIpc) is 1.70. The van der Waals surface area contributed by atoms with Crippen LogP contribution in [0.2, 0.25) is 10.0 Å². The molecular weight excluding hydrogens is 1200 g/mol. The standard InChI is InChI=1S/C16H18.C14H16.2C11H16.C10H12Cl2.C10H14.C9H14S.C8H12S/c1-16(2,3)15-11-9-14(10-12-15)13-7-5-4-6-8-13;1-14(2,3)13-9-8-11-6-4-5-7-12(11)10-13;2*1-9-5-7-10(8-6-9)11(2,3)4;1-10(2,3)7-4-5-8(11)9(12)6-7;1-10(2,3)9-7-5-4-6-8-9;1-7-5-6-8(10-7)9(2,3)4;1-8(2,3)7-5-4-6-9-7/h4-12H,1-3H3;4-10H,1-3H3;2*5-8H,1-4H3;4-6H,1-3H3;4-8H,1-3H3;5-6H,1-4H3;4-6H,1-3H3. The fourth-order valence-corrected chi connectivity index (χ4v) is 11.0. The Kier molecular flexibility index (Phi) is 31.1. The first kappa shape index (κ1) is 81.2. The summed E-state index contributed by atoms with van der Waals surface area (Å²) in [6.45, 7) is 59.8. The van der Waals surface area contributed by atoms with Crippen LogP contribution in [0.25, 0.3) is 21.9 Å². The lowest BCUT2D eigenvalue weighted by molar-refractivity contribution is 0.590. The molecule has 4 heteroatoms. The van der Waals surface area contributed by atoms with Crippen LogP contribution in [0.4, 0.5) is 0 Å². The Morgan fingerprint density at radius 3 is 0.925 bits per heavy atom. The van der Waals surface area contributed by atoms with Gasteiger partial charge in [0.15, 0.2) is 0 Å². The maximum Gasteiger partial charge on any atom is 0.0595 e. The molecule has 0 bridgehead atoms. The van der Waals surface area contributed by atoms with Crippen molar-refractivity contribution in [2.45, 2.75) is 230 Å². The normalized spacial score (nSPS) is 11.7. The molecule has 2 heterocycles. The molecular formula is C89H118Cl2S2. The van der Waals surface area contributed by atoms with Crippen molar-refractivity contribution in [3.05, 3.63) is 293 Å². The summed E-state index contributed by atoms with van der Waals surface area (Å²) in [5.74, 6) is 0. The second-order valence-electron chi connectivity index (χ2n) is 32.6. The minimum absolute atomic E-state index is 0.133. The fourth-order valence-electron chi connectivity index (χ4n) is 9.00. The van der Waals surface area contributed by atoms with E-state index in [9.17, 15) is 0 Å². The molecule has 93 heavy (non-hydrogen) atoms. The number of aryl methyl sites for hydroxylation is 3. The molecule has 500 valence electrons. The van der Waals surface area contributed by atoms with E-state index in [-0.39, 0.29) is 27.1 Å². The summed E-state index contributed by atoms with van der Waals surface area (Å²) in [5, 5.41) is 6.02. The van der Waals surface area contributed by atoms with Gasteiger partial charge in [0.25, 0.3) is 0 Å². The maximum atomic E-state index is 5.89. The van der Waals surface area contributed by atoms with Gasteiger partial charge in [0.2, 0.25) is 0 Å². The summed E-state index contributed by atoms with van der Waals surface area (Å²) >= 11 is 15.4. The largest absolute Gasteiger partial charge is 0.148 e. The van der Waals surface area contributed by atoms with Crippen molar-refractivity contribution in [2.75, 3.05) is 0 Å². The van der Waals surface area contributed by atoms with E-state index >= 15 is 0 Å². The smallest absolute Gasteiger partial charge is 0.0595 e. The van der Waals surface area contributed by atoms with Crippen LogP contribution in [0.15, 0.2) is 224 Å². The predicted octanol–water partition coefficient (Wildman–Crippen LogP) is 29.0. The van der Waals surface area contributed by atoms with Gasteiger partial charge in [0.05, 0.1) is 10.0 Å². The SMILES string of the molecule is CC(C)(C)c1ccc(-c2ccccc2)cc1.CC(C)(C)c1ccc(Cl)c(Cl)c1.CC(C)(C)c1ccc2ccccc2c1.CC(C)(C)c1ccccc1.CC(C)(C)c1cccs1.Cc1ccc(C(C)(C)C)cc1.Cc1ccc(C(C)(C)C)cc1.Cc1ccc(C(C)(C)C)s1. The van der Waals surface area contributed by atoms with E-state index in [1.54, 1.807) is 0 Å². The van der Waals surface area contributed by atoms with Crippen molar-refractivity contribution in [1.29, 1.82) is 0 Å². The van der Waals surface area contributed by atoms with Gasteiger partial charge >= 0.3 is 0 Å². The van der Waals surface area contributed by atoms with E-state index in [1.165, 1.54) is 81.0 Å². The zero-order chi connectivity index (χ0) is 70.4. The van der Waals surface area contributed by atoms with Crippen LogP contribution < -0.4 is 0 Å². The molecule has 0 saturated heterocycles. The Morgan fingerprint density at radius 1 is 0.247 bits per heavy atom. The molecule has 0 fully saturated rings. The van der Waals surface area contributed by atoms with Crippen LogP contribution in [0.5, 0.6) is 0 Å². The summed E-state index contributed by atoms with van der Waals surface area (Å²) in [6, 6.07) is 77.1. The zero-order valence-electron chi connectivity index (χ0n) is 62.4. The molecule has 0 aliphatic carbocycles.